The number of benzene rings is 1. The molecule has 0 aliphatic carbocycles. The Bertz CT molecular complexity index is 473. The number of nitrogens with one attached hydrogen (secondary N) is 1. The Morgan fingerprint density at radius 2 is 1.80 bits per heavy atom. The van der Waals surface area contributed by atoms with Crippen molar-refractivity contribution in [3.63, 3.8) is 0 Å². The fourth-order valence-corrected chi connectivity index (χ4v) is 1.74. The van der Waals surface area contributed by atoms with Crippen molar-refractivity contribution in [1.29, 1.82) is 0 Å². The Morgan fingerprint density at radius 3 is 2.25 bits per heavy atom. The molecule has 1 rings (SSSR count). The van der Waals surface area contributed by atoms with Crippen molar-refractivity contribution in [2.45, 2.75) is 25.6 Å². The first-order valence-corrected chi connectivity index (χ1v) is 5.86. The third kappa shape index (κ3) is 4.56. The normalized spacial score (nSPS) is 14.4. The summed E-state index contributed by atoms with van der Waals surface area (Å²) < 4.78 is 36.4. The second kappa shape index (κ2) is 6.40. The third-order valence-electron chi connectivity index (χ3n) is 2.84. The first-order valence-electron chi connectivity index (χ1n) is 5.86. The van der Waals surface area contributed by atoms with Gasteiger partial charge in [-0.2, -0.15) is 13.2 Å². The van der Waals surface area contributed by atoms with Crippen molar-refractivity contribution >= 4 is 11.9 Å². The number of carboxylic acid groups (broad SMARTS) is 1. The number of hydrogen-bond acceptors (Lipinski definition) is 2. The highest BCUT2D eigenvalue weighted by molar-refractivity contribution is 5.82. The summed E-state index contributed by atoms with van der Waals surface area (Å²) in [6.45, 7) is 1.24. The SMILES string of the molecule is CC(NC(=O)C(F)(F)F)C(Cc1ccccc1)C(=O)O. The Hall–Kier alpha value is -2.05. The molecular weight excluding hydrogens is 275 g/mol. The van der Waals surface area contributed by atoms with E-state index in [4.69, 9.17) is 5.11 Å². The number of alkyl halides is 3. The van der Waals surface area contributed by atoms with Crippen LogP contribution in [0.15, 0.2) is 30.3 Å². The predicted molar refractivity (Wildman–Crippen MR) is 64.9 cm³/mol. The summed E-state index contributed by atoms with van der Waals surface area (Å²) in [5.41, 5.74) is 0.674. The van der Waals surface area contributed by atoms with E-state index in [0.29, 0.717) is 5.56 Å². The molecule has 1 aromatic rings. The van der Waals surface area contributed by atoms with Gasteiger partial charge in [-0.25, -0.2) is 0 Å². The van der Waals surface area contributed by atoms with Crippen LogP contribution in [0.4, 0.5) is 13.2 Å². The minimum absolute atomic E-state index is 0.0372. The molecule has 0 aliphatic rings. The van der Waals surface area contributed by atoms with Gasteiger partial charge in [-0.05, 0) is 18.9 Å². The zero-order chi connectivity index (χ0) is 15.3. The van der Waals surface area contributed by atoms with Gasteiger partial charge in [-0.15, -0.1) is 0 Å². The Morgan fingerprint density at radius 1 is 1.25 bits per heavy atom. The van der Waals surface area contributed by atoms with E-state index in [1.54, 1.807) is 35.6 Å². The molecular formula is C13H14F3NO3. The van der Waals surface area contributed by atoms with Crippen LogP contribution in [-0.4, -0.2) is 29.2 Å². The second-order valence-corrected chi connectivity index (χ2v) is 4.39. The fraction of sp³-hybridized carbons (Fsp3) is 0.385. The number of halogens is 3. The maximum absolute atomic E-state index is 12.1. The van der Waals surface area contributed by atoms with E-state index in [1.807, 2.05) is 0 Å². The van der Waals surface area contributed by atoms with Crippen molar-refractivity contribution in [3.05, 3.63) is 35.9 Å². The van der Waals surface area contributed by atoms with Gasteiger partial charge in [0.25, 0.3) is 0 Å². The van der Waals surface area contributed by atoms with Gasteiger partial charge in [0.1, 0.15) is 0 Å². The summed E-state index contributed by atoms with van der Waals surface area (Å²) in [6, 6.07) is 7.36. The van der Waals surface area contributed by atoms with Crippen LogP contribution in [0, 0.1) is 5.92 Å². The molecule has 110 valence electrons. The molecule has 0 fully saturated rings. The lowest BCUT2D eigenvalue weighted by atomic mass is 9.93. The van der Waals surface area contributed by atoms with Crippen LogP contribution in [0.3, 0.4) is 0 Å². The van der Waals surface area contributed by atoms with Crippen LogP contribution >= 0.6 is 0 Å². The maximum Gasteiger partial charge on any atom is 0.471 e. The lowest BCUT2D eigenvalue weighted by molar-refractivity contribution is -0.175. The molecule has 2 unspecified atom stereocenters. The molecule has 0 heterocycles. The monoisotopic (exact) mass is 289 g/mol. The second-order valence-electron chi connectivity index (χ2n) is 4.39. The molecule has 0 saturated carbocycles. The quantitative estimate of drug-likeness (QED) is 0.871. The highest BCUT2D eigenvalue weighted by Crippen LogP contribution is 2.17. The Balaban J connectivity index is 2.76. The highest BCUT2D eigenvalue weighted by Gasteiger charge is 2.40. The van der Waals surface area contributed by atoms with Gasteiger partial charge in [0.15, 0.2) is 0 Å². The van der Waals surface area contributed by atoms with E-state index >= 15 is 0 Å². The van der Waals surface area contributed by atoms with Crippen LogP contribution in [0.1, 0.15) is 12.5 Å². The van der Waals surface area contributed by atoms with Gasteiger partial charge in [0.05, 0.1) is 5.92 Å². The molecule has 0 spiro atoms. The summed E-state index contributed by atoms with van der Waals surface area (Å²) in [4.78, 5) is 22.0. The van der Waals surface area contributed by atoms with Crippen molar-refractivity contribution in [2.24, 2.45) is 5.92 Å². The number of aliphatic carboxylic acids is 1. The van der Waals surface area contributed by atoms with E-state index in [9.17, 15) is 22.8 Å². The Labute approximate surface area is 113 Å². The van der Waals surface area contributed by atoms with Gasteiger partial charge < -0.3 is 10.4 Å². The average Bonchev–Trinajstić information content (AvgIpc) is 2.35. The van der Waals surface area contributed by atoms with Crippen molar-refractivity contribution < 1.29 is 27.9 Å². The predicted octanol–water partition coefficient (Wildman–Crippen LogP) is 2.00. The van der Waals surface area contributed by atoms with Crippen molar-refractivity contribution in [2.75, 3.05) is 0 Å². The first-order chi connectivity index (χ1) is 9.21. The van der Waals surface area contributed by atoms with Crippen LogP contribution in [0.25, 0.3) is 0 Å². The molecule has 7 heteroatoms. The summed E-state index contributed by atoms with van der Waals surface area (Å²) in [6.07, 6.45) is -4.99. The number of carboxylic acids is 1. The zero-order valence-electron chi connectivity index (χ0n) is 10.6. The summed E-state index contributed by atoms with van der Waals surface area (Å²) >= 11 is 0. The molecule has 0 radical (unpaired) electrons. The third-order valence-corrected chi connectivity index (χ3v) is 2.84. The van der Waals surface area contributed by atoms with Crippen LogP contribution in [-0.2, 0) is 16.0 Å². The van der Waals surface area contributed by atoms with E-state index in [-0.39, 0.29) is 6.42 Å². The summed E-state index contributed by atoms with van der Waals surface area (Å²) in [5, 5.41) is 10.8. The average molecular weight is 289 g/mol. The van der Waals surface area contributed by atoms with E-state index in [1.165, 1.54) is 6.92 Å². The lowest BCUT2D eigenvalue weighted by Gasteiger charge is -2.22. The minimum Gasteiger partial charge on any atom is -0.481 e. The van der Waals surface area contributed by atoms with Crippen LogP contribution in [0.5, 0.6) is 0 Å². The minimum atomic E-state index is -5.02. The molecule has 1 aromatic carbocycles. The zero-order valence-corrected chi connectivity index (χ0v) is 10.6. The van der Waals surface area contributed by atoms with Crippen LogP contribution in [0.2, 0.25) is 0 Å². The topological polar surface area (TPSA) is 66.4 Å². The molecule has 1 amide bonds. The molecule has 0 saturated heterocycles. The molecule has 0 bridgehead atoms. The van der Waals surface area contributed by atoms with Crippen molar-refractivity contribution in [3.8, 4) is 0 Å². The van der Waals surface area contributed by atoms with Crippen molar-refractivity contribution in [1.82, 2.24) is 5.32 Å². The molecule has 2 atom stereocenters. The maximum atomic E-state index is 12.1. The smallest absolute Gasteiger partial charge is 0.471 e. The van der Waals surface area contributed by atoms with E-state index < -0.39 is 30.0 Å². The number of rotatable bonds is 5. The number of carbonyl (C=O) groups is 2. The molecule has 0 aliphatic heterocycles. The van der Waals surface area contributed by atoms with E-state index in [2.05, 4.69) is 0 Å². The molecule has 0 aromatic heterocycles. The van der Waals surface area contributed by atoms with Crippen LogP contribution < -0.4 is 5.32 Å². The van der Waals surface area contributed by atoms with E-state index in [0.717, 1.165) is 0 Å². The number of amides is 1. The summed E-state index contributed by atoms with van der Waals surface area (Å²) in [5.74, 6) is -4.53. The number of hydrogen-bond donors (Lipinski definition) is 2. The molecule has 2 N–H and O–H groups in total. The van der Waals surface area contributed by atoms with Gasteiger partial charge in [-0.1, -0.05) is 30.3 Å². The summed E-state index contributed by atoms with van der Waals surface area (Å²) in [7, 11) is 0. The highest BCUT2D eigenvalue weighted by atomic mass is 19.4. The number of carbonyl (C=O) groups excluding carboxylic acids is 1. The largest absolute Gasteiger partial charge is 0.481 e. The fourth-order valence-electron chi connectivity index (χ4n) is 1.74. The van der Waals surface area contributed by atoms with Gasteiger partial charge in [0, 0.05) is 6.04 Å². The standard InChI is InChI=1S/C13H14F3NO3/c1-8(17-12(20)13(14,15)16)10(11(18)19)7-9-5-3-2-4-6-9/h2-6,8,10H,7H2,1H3,(H,17,20)(H,18,19). The lowest BCUT2D eigenvalue weighted by Crippen LogP contribution is -2.47. The van der Waals surface area contributed by atoms with Gasteiger partial charge in [0.2, 0.25) is 0 Å². The molecule has 20 heavy (non-hydrogen) atoms. The molecule has 4 nitrogen and oxygen atoms in total. The Kier molecular flexibility index (Phi) is 5.12. The van der Waals surface area contributed by atoms with Gasteiger partial charge >= 0.3 is 18.1 Å². The first kappa shape index (κ1) is 16.0. The van der Waals surface area contributed by atoms with Gasteiger partial charge in [-0.3, -0.25) is 9.59 Å².